The zero-order chi connectivity index (χ0) is 31.8. The predicted molar refractivity (Wildman–Crippen MR) is 172 cm³/mol. The van der Waals surface area contributed by atoms with E-state index in [2.05, 4.69) is 98.0 Å². The monoisotopic (exact) mass is 624 g/mol. The van der Waals surface area contributed by atoms with E-state index in [0.29, 0.717) is 16.7 Å². The molecule has 0 aliphatic carbocycles. The number of amides is 1. The summed E-state index contributed by atoms with van der Waals surface area (Å²) < 4.78 is 21.9. The number of hydrogen-bond donors (Lipinski definition) is 1. The number of hydrogen-bond acceptors (Lipinski definition) is 8. The van der Waals surface area contributed by atoms with E-state index in [4.69, 9.17) is 13.6 Å². The number of nitrogens with zero attached hydrogens (tertiary/aromatic N) is 7. The van der Waals surface area contributed by atoms with Gasteiger partial charge in [0.05, 0.1) is 25.1 Å². The number of aromatic nitrogens is 4. The minimum Gasteiger partial charge on any atom is -0.414 e. The molecule has 0 unspecified atom stereocenters. The van der Waals surface area contributed by atoms with Crippen LogP contribution in [0.5, 0.6) is 0 Å². The van der Waals surface area contributed by atoms with Crippen molar-refractivity contribution in [3.05, 3.63) is 59.0 Å². The van der Waals surface area contributed by atoms with E-state index in [1.165, 1.54) is 6.33 Å². The van der Waals surface area contributed by atoms with Crippen LogP contribution in [-0.4, -0.2) is 66.9 Å². The number of carbonyl (C=O) groups excluding carboxylic acids is 1. The van der Waals surface area contributed by atoms with Crippen LogP contribution in [0.3, 0.4) is 0 Å². The lowest BCUT2D eigenvalue weighted by molar-refractivity contribution is -0.0445. The fraction of sp³-hybridized carbons (Fsp3) is 0.586. The van der Waals surface area contributed by atoms with Crippen LogP contribution < -0.4 is 5.32 Å². The van der Waals surface area contributed by atoms with Crippen molar-refractivity contribution in [3.8, 4) is 0 Å². The molecule has 0 saturated carbocycles. The Morgan fingerprint density at radius 2 is 1.70 bits per heavy atom. The van der Waals surface area contributed by atoms with Gasteiger partial charge in [-0.1, -0.05) is 64.9 Å². The fourth-order valence-electron chi connectivity index (χ4n) is 4.33. The van der Waals surface area contributed by atoms with Crippen LogP contribution in [0.2, 0.25) is 36.3 Å². The van der Waals surface area contributed by atoms with E-state index in [-0.39, 0.29) is 28.4 Å². The van der Waals surface area contributed by atoms with Gasteiger partial charge >= 0.3 is 0 Å². The number of imidazole rings is 1. The van der Waals surface area contributed by atoms with Crippen LogP contribution in [0.4, 0.5) is 5.82 Å². The Morgan fingerprint density at radius 1 is 1.05 bits per heavy atom. The summed E-state index contributed by atoms with van der Waals surface area (Å²) in [5.74, 6) is -0.0282. The highest BCUT2D eigenvalue weighted by molar-refractivity contribution is 6.74. The zero-order valence-electron chi connectivity index (χ0n) is 26.8. The predicted octanol–water partition coefficient (Wildman–Crippen LogP) is 7.07. The molecule has 14 heteroatoms. The summed E-state index contributed by atoms with van der Waals surface area (Å²) in [6.45, 7) is 21.9. The smallest absolute Gasteiger partial charge is 0.256 e. The molecular formula is C29H44N8O4Si2. The molecule has 1 aliphatic rings. The minimum absolute atomic E-state index is 0.00586. The molecule has 1 aromatic carbocycles. The van der Waals surface area contributed by atoms with E-state index in [1.54, 1.807) is 35.2 Å². The van der Waals surface area contributed by atoms with Crippen LogP contribution in [0, 0.1) is 0 Å². The molecular weight excluding hydrogens is 581 g/mol. The van der Waals surface area contributed by atoms with Gasteiger partial charge in [0.15, 0.2) is 39.8 Å². The lowest BCUT2D eigenvalue weighted by Crippen LogP contribution is -2.49. The number of fused-ring (bicyclic) bond motifs is 1. The van der Waals surface area contributed by atoms with E-state index in [1.807, 2.05) is 6.07 Å². The van der Waals surface area contributed by atoms with Crippen LogP contribution >= 0.6 is 0 Å². The van der Waals surface area contributed by atoms with Crippen molar-refractivity contribution in [2.75, 3.05) is 11.9 Å². The standard InChI is InChI=1S/C29H44N8O4Si2/c1-28(2,3)42(7,8)39-16-20-21(35-36-30)23(41-43(9,10)29(4,5)6)27(40-20)37-18-33-22-24(31-17-32-25(22)37)34-26(38)19-14-12-11-13-15-19/h11-15,17-18,20-21,23,27H,16H2,1-10H3,(H,31,32,34,38)/t20-,21-,23-,27-/m1/s1. The summed E-state index contributed by atoms with van der Waals surface area (Å²) in [7, 11) is -4.50. The van der Waals surface area contributed by atoms with Crippen molar-refractivity contribution in [2.24, 2.45) is 5.11 Å². The molecule has 2 aromatic heterocycles. The third kappa shape index (κ3) is 6.84. The second-order valence-electron chi connectivity index (χ2n) is 14.0. The van der Waals surface area contributed by atoms with Gasteiger partial charge in [0.2, 0.25) is 0 Å². The largest absolute Gasteiger partial charge is 0.414 e. The molecule has 12 nitrogen and oxygen atoms in total. The normalized spacial score (nSPS) is 21.5. The molecule has 43 heavy (non-hydrogen) atoms. The number of rotatable bonds is 9. The average Bonchev–Trinajstić information content (AvgIpc) is 3.49. The van der Waals surface area contributed by atoms with Crippen molar-refractivity contribution in [1.29, 1.82) is 0 Å². The van der Waals surface area contributed by atoms with Gasteiger partial charge in [-0.05, 0) is 53.9 Å². The number of benzene rings is 1. The number of ether oxygens (including phenoxy) is 1. The highest BCUT2D eigenvalue weighted by atomic mass is 28.4. The summed E-state index contributed by atoms with van der Waals surface area (Å²) in [6.07, 6.45) is 1.09. The van der Waals surface area contributed by atoms with Crippen LogP contribution in [-0.2, 0) is 13.6 Å². The average molecular weight is 625 g/mol. The van der Waals surface area contributed by atoms with Gasteiger partial charge in [0.25, 0.3) is 5.91 Å². The molecule has 1 amide bonds. The Labute approximate surface area is 255 Å². The Hall–Kier alpha value is -3.14. The molecule has 0 bridgehead atoms. The van der Waals surface area contributed by atoms with E-state index in [9.17, 15) is 10.3 Å². The summed E-state index contributed by atoms with van der Waals surface area (Å²) >= 11 is 0. The van der Waals surface area contributed by atoms with Gasteiger partial charge in [-0.3, -0.25) is 9.36 Å². The minimum atomic E-state index is -2.37. The Morgan fingerprint density at radius 3 is 2.30 bits per heavy atom. The quantitative estimate of drug-likeness (QED) is 0.116. The van der Waals surface area contributed by atoms with Gasteiger partial charge in [-0.15, -0.1) is 0 Å². The molecule has 4 atom stereocenters. The molecule has 0 spiro atoms. The van der Waals surface area contributed by atoms with Crippen molar-refractivity contribution >= 4 is 39.5 Å². The fourth-order valence-corrected chi connectivity index (χ4v) is 6.63. The summed E-state index contributed by atoms with van der Waals surface area (Å²) in [5.41, 5.74) is 11.0. The first-order valence-electron chi connectivity index (χ1n) is 14.5. The first kappa shape index (κ1) is 32.8. The molecule has 1 saturated heterocycles. The number of azide groups is 1. The number of anilines is 1. The van der Waals surface area contributed by atoms with Crippen molar-refractivity contribution < 1.29 is 18.4 Å². The third-order valence-electron chi connectivity index (χ3n) is 9.05. The second kappa shape index (κ2) is 12.1. The van der Waals surface area contributed by atoms with E-state index in [0.717, 1.165) is 0 Å². The highest BCUT2D eigenvalue weighted by Crippen LogP contribution is 2.44. The second-order valence-corrected chi connectivity index (χ2v) is 23.6. The van der Waals surface area contributed by atoms with Crippen molar-refractivity contribution in [1.82, 2.24) is 19.5 Å². The molecule has 0 radical (unpaired) electrons. The van der Waals surface area contributed by atoms with Crippen LogP contribution in [0.1, 0.15) is 58.1 Å². The maximum absolute atomic E-state index is 12.9. The number of nitrogens with one attached hydrogen (secondary N) is 1. The lowest BCUT2D eigenvalue weighted by atomic mass is 10.1. The highest BCUT2D eigenvalue weighted by Gasteiger charge is 2.52. The maximum Gasteiger partial charge on any atom is 0.256 e. The Kier molecular flexibility index (Phi) is 9.22. The van der Waals surface area contributed by atoms with Gasteiger partial charge in [-0.25, -0.2) is 15.0 Å². The summed E-state index contributed by atoms with van der Waals surface area (Å²) in [6, 6.07) is 8.24. The molecule has 3 aromatic rings. The molecule has 1 aliphatic heterocycles. The maximum atomic E-state index is 12.9. The third-order valence-corrected chi connectivity index (χ3v) is 18.0. The van der Waals surface area contributed by atoms with Gasteiger partial charge in [-0.2, -0.15) is 0 Å². The van der Waals surface area contributed by atoms with Gasteiger partial charge in [0, 0.05) is 10.5 Å². The van der Waals surface area contributed by atoms with Gasteiger partial charge < -0.3 is 18.9 Å². The van der Waals surface area contributed by atoms with Crippen LogP contribution in [0.15, 0.2) is 48.1 Å². The molecule has 1 fully saturated rings. The summed E-state index contributed by atoms with van der Waals surface area (Å²) in [5, 5.41) is 6.95. The van der Waals surface area contributed by atoms with Gasteiger partial charge in [0.1, 0.15) is 12.4 Å². The first-order chi connectivity index (χ1) is 20.0. The van der Waals surface area contributed by atoms with Crippen molar-refractivity contribution in [3.63, 3.8) is 0 Å². The SMILES string of the molecule is CC(C)(C)[Si](C)(C)OC[C@H]1O[C@@H](n2cnc3c(NC(=O)c4ccccc4)ncnc32)[C@H](O[Si](C)(C)C(C)(C)C)[C@@H]1N=[N+]=[N-]. The topological polar surface area (TPSA) is 149 Å². The van der Waals surface area contributed by atoms with E-state index < -0.39 is 41.1 Å². The first-order valence-corrected chi connectivity index (χ1v) is 20.3. The molecule has 232 valence electrons. The number of carbonyl (C=O) groups is 1. The lowest BCUT2D eigenvalue weighted by Gasteiger charge is -2.40. The van der Waals surface area contributed by atoms with E-state index >= 15 is 0 Å². The van der Waals surface area contributed by atoms with Crippen LogP contribution in [0.25, 0.3) is 21.6 Å². The summed E-state index contributed by atoms with van der Waals surface area (Å²) in [4.78, 5) is 29.5. The Bertz CT molecular complexity index is 1490. The molecule has 3 heterocycles. The Balaban J connectivity index is 1.74. The van der Waals surface area contributed by atoms with Crippen molar-refractivity contribution in [2.45, 2.75) is 102 Å². The zero-order valence-corrected chi connectivity index (χ0v) is 28.8. The molecule has 1 N–H and O–H groups in total. The molecule has 4 rings (SSSR count).